The number of sulfonamides is 1. The summed E-state index contributed by atoms with van der Waals surface area (Å²) in [7, 11) is -2.47. The lowest BCUT2D eigenvalue weighted by atomic mass is 10.4. The minimum absolute atomic E-state index is 0.0496. The Bertz CT molecular complexity index is 525. The van der Waals surface area contributed by atoms with Gasteiger partial charge < -0.3 is 10.2 Å². The molecular weight excluding hydrogens is 348 g/mol. The van der Waals surface area contributed by atoms with Gasteiger partial charge in [-0.1, -0.05) is 11.6 Å². The molecule has 0 aliphatic carbocycles. The molecule has 0 spiro atoms. The van der Waals surface area contributed by atoms with Crippen LogP contribution < -0.4 is 0 Å². The minimum Gasteiger partial charge on any atom is -0.394 e. The molecule has 0 amide bonds. The average molecular weight is 360 g/mol. The van der Waals surface area contributed by atoms with Crippen molar-refractivity contribution in [2.24, 2.45) is 0 Å². The second-order valence-electron chi connectivity index (χ2n) is 3.57. The fourth-order valence-corrected chi connectivity index (χ4v) is 2.96. The van der Waals surface area contributed by atoms with E-state index in [4.69, 9.17) is 16.7 Å². The summed E-state index contributed by atoms with van der Waals surface area (Å²) in [6.45, 7) is -0.721. The normalized spacial score (nSPS) is 13.9. The van der Waals surface area contributed by atoms with Crippen LogP contribution in [-0.4, -0.2) is 54.2 Å². The van der Waals surface area contributed by atoms with E-state index in [1.165, 1.54) is 13.1 Å². The van der Waals surface area contributed by atoms with E-state index in [1.807, 2.05) is 0 Å². The highest BCUT2D eigenvalue weighted by atomic mass is 79.9. The Labute approximate surface area is 118 Å². The maximum Gasteiger partial charge on any atom is 0.244 e. The van der Waals surface area contributed by atoms with Crippen LogP contribution in [-0.2, 0) is 10.0 Å². The lowest BCUT2D eigenvalue weighted by Gasteiger charge is -2.19. The lowest BCUT2D eigenvalue weighted by molar-refractivity contribution is 0.0826. The molecule has 0 aliphatic heterocycles. The van der Waals surface area contributed by atoms with Gasteiger partial charge in [0.25, 0.3) is 0 Å². The Balaban J connectivity index is 3.02. The first-order chi connectivity index (χ1) is 8.28. The summed E-state index contributed by atoms with van der Waals surface area (Å²) >= 11 is 8.76. The number of aromatic nitrogens is 1. The summed E-state index contributed by atoms with van der Waals surface area (Å²) in [5.74, 6) is 0. The number of aliphatic hydroxyl groups excluding tert-OH is 2. The molecule has 1 aromatic rings. The summed E-state index contributed by atoms with van der Waals surface area (Å²) in [5.41, 5.74) is 0. The quantitative estimate of drug-likeness (QED) is 0.746. The summed E-state index contributed by atoms with van der Waals surface area (Å²) in [6.07, 6.45) is -0.00182. The standard InChI is InChI=1S/C9H12BrClN2O4S/c1-13(4-6(15)5-14)18(16,17)7-2-8(10)9(11)12-3-7/h2-3,6,14-15H,4-5H2,1H3. The van der Waals surface area contributed by atoms with Crippen molar-refractivity contribution in [2.45, 2.75) is 11.0 Å². The van der Waals surface area contributed by atoms with E-state index in [9.17, 15) is 13.5 Å². The van der Waals surface area contributed by atoms with E-state index >= 15 is 0 Å². The molecular formula is C9H12BrClN2O4S. The van der Waals surface area contributed by atoms with Crippen LogP contribution in [0.2, 0.25) is 5.15 Å². The first kappa shape index (κ1) is 15.8. The molecule has 0 radical (unpaired) electrons. The molecule has 1 heterocycles. The molecule has 9 heteroatoms. The topological polar surface area (TPSA) is 90.7 Å². The minimum atomic E-state index is -3.77. The maximum atomic E-state index is 12.1. The molecule has 0 fully saturated rings. The van der Waals surface area contributed by atoms with Gasteiger partial charge in [-0.15, -0.1) is 0 Å². The third-order valence-corrected chi connectivity index (χ3v) is 5.08. The molecule has 1 aromatic heterocycles. The van der Waals surface area contributed by atoms with Crippen molar-refractivity contribution >= 4 is 37.6 Å². The maximum absolute atomic E-state index is 12.1. The van der Waals surface area contributed by atoms with Crippen LogP contribution >= 0.6 is 27.5 Å². The van der Waals surface area contributed by atoms with Gasteiger partial charge in [-0.05, 0) is 22.0 Å². The lowest BCUT2D eigenvalue weighted by Crippen LogP contribution is -2.35. The SMILES string of the molecule is CN(CC(O)CO)S(=O)(=O)c1cnc(Cl)c(Br)c1. The Kier molecular flexibility index (Phi) is 5.50. The summed E-state index contributed by atoms with van der Waals surface area (Å²) < 4.78 is 25.5. The van der Waals surface area contributed by atoms with Crippen LogP contribution in [0, 0.1) is 0 Å². The number of hydrogen-bond donors (Lipinski definition) is 2. The van der Waals surface area contributed by atoms with E-state index in [0.717, 1.165) is 10.5 Å². The van der Waals surface area contributed by atoms with E-state index in [1.54, 1.807) is 0 Å². The Morgan fingerprint density at radius 1 is 1.61 bits per heavy atom. The number of pyridine rings is 1. The van der Waals surface area contributed by atoms with Crippen molar-refractivity contribution in [1.82, 2.24) is 9.29 Å². The highest BCUT2D eigenvalue weighted by molar-refractivity contribution is 9.10. The molecule has 102 valence electrons. The van der Waals surface area contributed by atoms with Crippen molar-refractivity contribution < 1.29 is 18.6 Å². The number of likely N-dealkylation sites (N-methyl/N-ethyl adjacent to an activating group) is 1. The van der Waals surface area contributed by atoms with Crippen LogP contribution in [0.4, 0.5) is 0 Å². The van der Waals surface area contributed by atoms with E-state index in [0.29, 0.717) is 4.47 Å². The van der Waals surface area contributed by atoms with Gasteiger partial charge in [0.1, 0.15) is 10.0 Å². The van der Waals surface area contributed by atoms with E-state index < -0.39 is 22.7 Å². The van der Waals surface area contributed by atoms with Crippen molar-refractivity contribution in [1.29, 1.82) is 0 Å². The zero-order valence-corrected chi connectivity index (χ0v) is 12.6. The number of rotatable bonds is 5. The number of aliphatic hydroxyl groups is 2. The van der Waals surface area contributed by atoms with Crippen LogP contribution in [0.15, 0.2) is 21.6 Å². The van der Waals surface area contributed by atoms with Gasteiger partial charge in [-0.3, -0.25) is 0 Å². The average Bonchev–Trinajstić information content (AvgIpc) is 2.32. The first-order valence-electron chi connectivity index (χ1n) is 4.85. The van der Waals surface area contributed by atoms with E-state index in [2.05, 4.69) is 20.9 Å². The third-order valence-electron chi connectivity index (χ3n) is 2.16. The van der Waals surface area contributed by atoms with Gasteiger partial charge in [-0.25, -0.2) is 13.4 Å². The molecule has 1 unspecified atom stereocenters. The van der Waals surface area contributed by atoms with Crippen molar-refractivity contribution in [3.05, 3.63) is 21.9 Å². The van der Waals surface area contributed by atoms with Gasteiger partial charge in [-0.2, -0.15) is 4.31 Å². The third kappa shape index (κ3) is 3.62. The second kappa shape index (κ2) is 6.27. The van der Waals surface area contributed by atoms with Gasteiger partial charge in [0.05, 0.1) is 17.2 Å². The molecule has 0 aliphatic rings. The molecule has 0 aromatic carbocycles. The molecule has 0 bridgehead atoms. The Morgan fingerprint density at radius 2 is 2.22 bits per heavy atom. The number of nitrogens with zero attached hydrogens (tertiary/aromatic N) is 2. The van der Waals surface area contributed by atoms with Gasteiger partial charge in [0.2, 0.25) is 10.0 Å². The Hall–Kier alpha value is -0.250. The van der Waals surface area contributed by atoms with Crippen LogP contribution in [0.5, 0.6) is 0 Å². The van der Waals surface area contributed by atoms with Crippen LogP contribution in [0.3, 0.4) is 0 Å². The summed E-state index contributed by atoms with van der Waals surface area (Å²) in [4.78, 5) is 3.68. The highest BCUT2D eigenvalue weighted by Crippen LogP contribution is 2.24. The predicted molar refractivity (Wildman–Crippen MR) is 69.9 cm³/mol. The molecule has 0 saturated carbocycles. The van der Waals surface area contributed by atoms with Crippen molar-refractivity contribution in [3.63, 3.8) is 0 Å². The van der Waals surface area contributed by atoms with Crippen molar-refractivity contribution in [2.75, 3.05) is 20.2 Å². The number of halogens is 2. The van der Waals surface area contributed by atoms with Gasteiger partial charge in [0, 0.05) is 19.8 Å². The van der Waals surface area contributed by atoms with Gasteiger partial charge >= 0.3 is 0 Å². The molecule has 18 heavy (non-hydrogen) atoms. The fourth-order valence-electron chi connectivity index (χ4n) is 1.18. The van der Waals surface area contributed by atoms with E-state index in [-0.39, 0.29) is 16.6 Å². The molecule has 6 nitrogen and oxygen atoms in total. The largest absolute Gasteiger partial charge is 0.394 e. The van der Waals surface area contributed by atoms with Gasteiger partial charge in [0.15, 0.2) is 0 Å². The molecule has 1 atom stereocenters. The number of hydrogen-bond acceptors (Lipinski definition) is 5. The summed E-state index contributed by atoms with van der Waals surface area (Å²) in [5, 5.41) is 18.1. The smallest absolute Gasteiger partial charge is 0.244 e. The fraction of sp³-hybridized carbons (Fsp3) is 0.444. The van der Waals surface area contributed by atoms with Crippen molar-refractivity contribution in [3.8, 4) is 0 Å². The van der Waals surface area contributed by atoms with Crippen LogP contribution in [0.25, 0.3) is 0 Å². The Morgan fingerprint density at radius 3 is 2.72 bits per heavy atom. The zero-order chi connectivity index (χ0) is 13.9. The molecule has 0 saturated heterocycles. The predicted octanol–water partition coefficient (Wildman–Crippen LogP) is 0.471. The zero-order valence-electron chi connectivity index (χ0n) is 9.42. The summed E-state index contributed by atoms with van der Waals surface area (Å²) in [6, 6.07) is 1.33. The highest BCUT2D eigenvalue weighted by Gasteiger charge is 2.23. The molecule has 1 rings (SSSR count). The monoisotopic (exact) mass is 358 g/mol. The van der Waals surface area contributed by atoms with Crippen LogP contribution in [0.1, 0.15) is 0 Å². The first-order valence-corrected chi connectivity index (χ1v) is 7.46. The molecule has 2 N–H and O–H groups in total. The second-order valence-corrected chi connectivity index (χ2v) is 6.82.